The minimum absolute atomic E-state index is 0.106. The van der Waals surface area contributed by atoms with Gasteiger partial charge in [-0.2, -0.15) is 0 Å². The summed E-state index contributed by atoms with van der Waals surface area (Å²) in [6.45, 7) is 2.03. The molecule has 0 radical (unpaired) electrons. The van der Waals surface area contributed by atoms with Gasteiger partial charge in [0.2, 0.25) is 0 Å². The first-order valence-electron chi connectivity index (χ1n) is 7.12. The highest BCUT2D eigenvalue weighted by atomic mass is 127. The van der Waals surface area contributed by atoms with E-state index < -0.39 is 11.6 Å². The fourth-order valence-electron chi connectivity index (χ4n) is 2.22. The highest BCUT2D eigenvalue weighted by Gasteiger charge is 2.17. The van der Waals surface area contributed by atoms with E-state index in [-0.39, 0.29) is 5.56 Å². The van der Waals surface area contributed by atoms with E-state index in [2.05, 4.69) is 22.6 Å². The first-order valence-corrected chi connectivity index (χ1v) is 8.20. The van der Waals surface area contributed by atoms with E-state index in [1.807, 2.05) is 31.2 Å². The number of halogens is 1. The second-order valence-electron chi connectivity index (χ2n) is 4.99. The topological polar surface area (TPSA) is 56.5 Å². The summed E-state index contributed by atoms with van der Waals surface area (Å²) < 4.78 is 11.3. The van der Waals surface area contributed by atoms with Gasteiger partial charge in [-0.15, -0.1) is 0 Å². The molecule has 3 aromatic rings. The number of fused-ring (bicyclic) bond motifs is 1. The van der Waals surface area contributed by atoms with Crippen LogP contribution in [0.1, 0.15) is 22.8 Å². The van der Waals surface area contributed by atoms with E-state index in [0.717, 1.165) is 15.6 Å². The Kier molecular flexibility index (Phi) is 4.47. The van der Waals surface area contributed by atoms with Crippen LogP contribution in [0.5, 0.6) is 5.75 Å². The third-order valence-corrected chi connectivity index (χ3v) is 4.36. The summed E-state index contributed by atoms with van der Waals surface area (Å²) in [6.07, 6.45) is 0.858. The number of esters is 1. The van der Waals surface area contributed by atoms with Crippen LogP contribution in [0.25, 0.3) is 11.0 Å². The van der Waals surface area contributed by atoms with Crippen LogP contribution < -0.4 is 10.4 Å². The average molecular weight is 420 g/mol. The summed E-state index contributed by atoms with van der Waals surface area (Å²) in [5, 5.41) is 0.707. The van der Waals surface area contributed by atoms with Gasteiger partial charge in [0.15, 0.2) is 0 Å². The number of hydrogen-bond acceptors (Lipinski definition) is 4. The van der Waals surface area contributed by atoms with Gasteiger partial charge < -0.3 is 9.15 Å². The van der Waals surface area contributed by atoms with Crippen molar-refractivity contribution in [2.45, 2.75) is 13.3 Å². The number of hydrogen-bond donors (Lipinski definition) is 0. The number of benzene rings is 2. The van der Waals surface area contributed by atoms with Gasteiger partial charge in [0.05, 0.1) is 3.57 Å². The number of rotatable bonds is 3. The van der Waals surface area contributed by atoms with Crippen LogP contribution in [-0.2, 0) is 6.42 Å². The molecular formula is C18H13IO4. The highest BCUT2D eigenvalue weighted by Crippen LogP contribution is 2.21. The number of ether oxygens (including phenoxy) is 1. The van der Waals surface area contributed by atoms with Crippen LogP contribution in [0.2, 0.25) is 0 Å². The quantitative estimate of drug-likeness (QED) is 0.276. The van der Waals surface area contributed by atoms with Crippen molar-refractivity contribution in [3.05, 3.63) is 73.6 Å². The van der Waals surface area contributed by atoms with E-state index in [0.29, 0.717) is 16.7 Å². The molecule has 2 aromatic carbocycles. The van der Waals surface area contributed by atoms with Crippen molar-refractivity contribution >= 4 is 39.5 Å². The third kappa shape index (κ3) is 3.29. The smallest absolute Gasteiger partial charge is 0.351 e. The van der Waals surface area contributed by atoms with E-state index in [9.17, 15) is 9.59 Å². The summed E-state index contributed by atoms with van der Waals surface area (Å²) >= 11 is 2.07. The van der Waals surface area contributed by atoms with Crippen molar-refractivity contribution in [2.75, 3.05) is 0 Å². The Morgan fingerprint density at radius 3 is 2.70 bits per heavy atom. The first-order chi connectivity index (χ1) is 11.1. The van der Waals surface area contributed by atoms with E-state index >= 15 is 0 Å². The maximum Gasteiger partial charge on any atom is 0.351 e. The van der Waals surface area contributed by atoms with Crippen LogP contribution in [0.15, 0.2) is 57.7 Å². The number of para-hydroxylation sites is 1. The molecule has 0 bridgehead atoms. The van der Waals surface area contributed by atoms with Crippen LogP contribution in [-0.4, -0.2) is 5.97 Å². The Bertz CT molecular complexity index is 943. The Hall–Kier alpha value is -2.15. The molecule has 0 amide bonds. The molecular weight excluding hydrogens is 407 g/mol. The van der Waals surface area contributed by atoms with Gasteiger partial charge in [0.1, 0.15) is 16.9 Å². The van der Waals surface area contributed by atoms with E-state index in [1.165, 1.54) is 6.07 Å². The number of carbonyl (C=O) groups excluding carboxylic acids is 1. The Morgan fingerprint density at radius 2 is 1.96 bits per heavy atom. The molecule has 0 spiro atoms. The molecule has 5 heteroatoms. The first kappa shape index (κ1) is 15.7. The molecule has 1 heterocycles. The maximum atomic E-state index is 12.3. The maximum absolute atomic E-state index is 12.3. The van der Waals surface area contributed by atoms with Gasteiger partial charge in [-0.25, -0.2) is 9.59 Å². The zero-order valence-corrected chi connectivity index (χ0v) is 14.5. The standard InChI is InChI=1S/C18H13IO4/c1-2-11-7-8-15-12(9-11)10-13(17(20)22-15)18(21)23-16-6-4-3-5-14(16)19/h3-10H,2H2,1H3. The minimum Gasteiger partial charge on any atom is -0.422 e. The van der Waals surface area contributed by atoms with Crippen LogP contribution in [0.3, 0.4) is 0 Å². The van der Waals surface area contributed by atoms with Crippen molar-refractivity contribution in [2.24, 2.45) is 0 Å². The van der Waals surface area contributed by atoms with Crippen molar-refractivity contribution in [1.29, 1.82) is 0 Å². The lowest BCUT2D eigenvalue weighted by molar-refractivity contribution is 0.0729. The number of aryl methyl sites for hydroxylation is 1. The molecule has 0 aliphatic carbocycles. The molecule has 0 aliphatic heterocycles. The van der Waals surface area contributed by atoms with Crippen molar-refractivity contribution in [1.82, 2.24) is 0 Å². The minimum atomic E-state index is -0.716. The molecule has 0 aliphatic rings. The molecule has 0 saturated carbocycles. The average Bonchev–Trinajstić information content (AvgIpc) is 2.55. The largest absolute Gasteiger partial charge is 0.422 e. The third-order valence-electron chi connectivity index (χ3n) is 3.46. The van der Waals surface area contributed by atoms with Crippen molar-refractivity contribution in [3.8, 4) is 5.75 Å². The lowest BCUT2D eigenvalue weighted by Crippen LogP contribution is -2.19. The molecule has 1 aromatic heterocycles. The molecule has 4 nitrogen and oxygen atoms in total. The van der Waals surface area contributed by atoms with Crippen molar-refractivity contribution in [3.63, 3.8) is 0 Å². The molecule has 116 valence electrons. The second kappa shape index (κ2) is 6.54. The van der Waals surface area contributed by atoms with Crippen LogP contribution in [0, 0.1) is 3.57 Å². The SMILES string of the molecule is CCc1ccc2oc(=O)c(C(=O)Oc3ccccc3I)cc2c1. The molecule has 3 rings (SSSR count). The highest BCUT2D eigenvalue weighted by molar-refractivity contribution is 14.1. The Labute approximate surface area is 146 Å². The molecule has 0 fully saturated rings. The fourth-order valence-corrected chi connectivity index (χ4v) is 2.71. The molecule has 0 unspecified atom stereocenters. The Morgan fingerprint density at radius 1 is 1.17 bits per heavy atom. The zero-order valence-electron chi connectivity index (χ0n) is 12.3. The number of carbonyl (C=O) groups is 1. The molecule has 23 heavy (non-hydrogen) atoms. The second-order valence-corrected chi connectivity index (χ2v) is 6.16. The lowest BCUT2D eigenvalue weighted by atomic mass is 10.1. The molecule has 0 atom stereocenters. The van der Waals surface area contributed by atoms with Crippen molar-refractivity contribution < 1.29 is 13.9 Å². The predicted octanol–water partition coefficient (Wildman–Crippen LogP) is 4.18. The normalized spacial score (nSPS) is 10.7. The predicted molar refractivity (Wildman–Crippen MR) is 96.0 cm³/mol. The zero-order chi connectivity index (χ0) is 16.4. The van der Waals surface area contributed by atoms with Crippen LogP contribution >= 0.6 is 22.6 Å². The monoisotopic (exact) mass is 420 g/mol. The van der Waals surface area contributed by atoms with Crippen LogP contribution in [0.4, 0.5) is 0 Å². The summed E-state index contributed by atoms with van der Waals surface area (Å²) in [6, 6.07) is 14.2. The van der Waals surface area contributed by atoms with E-state index in [4.69, 9.17) is 9.15 Å². The Balaban J connectivity index is 2.01. The van der Waals surface area contributed by atoms with Gasteiger partial charge >= 0.3 is 11.6 Å². The van der Waals surface area contributed by atoms with Gasteiger partial charge in [0.25, 0.3) is 0 Å². The van der Waals surface area contributed by atoms with E-state index in [1.54, 1.807) is 18.2 Å². The van der Waals surface area contributed by atoms with Gasteiger partial charge in [-0.3, -0.25) is 0 Å². The van der Waals surface area contributed by atoms with Gasteiger partial charge in [-0.1, -0.05) is 25.1 Å². The summed E-state index contributed by atoms with van der Waals surface area (Å²) in [7, 11) is 0. The fraction of sp³-hybridized carbons (Fsp3) is 0.111. The molecule has 0 N–H and O–H groups in total. The summed E-state index contributed by atoms with van der Waals surface area (Å²) in [5.41, 5.74) is 0.754. The van der Waals surface area contributed by atoms with Gasteiger partial charge in [-0.05, 0) is 64.9 Å². The summed E-state index contributed by atoms with van der Waals surface area (Å²) in [5.74, 6) is -0.299. The molecule has 0 saturated heterocycles. The summed E-state index contributed by atoms with van der Waals surface area (Å²) in [4.78, 5) is 24.3. The lowest BCUT2D eigenvalue weighted by Gasteiger charge is -2.06. The van der Waals surface area contributed by atoms with Gasteiger partial charge in [0, 0.05) is 5.39 Å².